The maximum Gasteiger partial charge on any atom is 0.241 e. The number of amides is 1. The van der Waals surface area contributed by atoms with Crippen LogP contribution in [0.2, 0.25) is 5.02 Å². The van der Waals surface area contributed by atoms with E-state index in [1.807, 2.05) is 11.0 Å². The standard InChI is InChI=1S/C14H18ClN3OS/c15-10-5-4-6-11(13(10)14(16)20)17-9-12(19)18-7-2-1-3-8-18/h4-6,17H,1-3,7-9H2,(H2,16,20). The number of hydrogen-bond acceptors (Lipinski definition) is 3. The number of anilines is 1. The molecule has 0 atom stereocenters. The third-order valence-electron chi connectivity index (χ3n) is 3.40. The van der Waals surface area contributed by atoms with Crippen LogP contribution in [0.1, 0.15) is 24.8 Å². The maximum absolute atomic E-state index is 12.1. The Labute approximate surface area is 129 Å². The van der Waals surface area contributed by atoms with Crippen molar-refractivity contribution in [1.29, 1.82) is 0 Å². The van der Waals surface area contributed by atoms with E-state index in [1.54, 1.807) is 12.1 Å². The number of nitrogens with two attached hydrogens (primary N) is 1. The minimum Gasteiger partial charge on any atom is -0.389 e. The normalized spacial score (nSPS) is 14.9. The highest BCUT2D eigenvalue weighted by atomic mass is 35.5. The molecule has 1 heterocycles. The molecular formula is C14H18ClN3OS. The number of likely N-dealkylation sites (tertiary alicyclic amines) is 1. The van der Waals surface area contributed by atoms with Crippen molar-refractivity contribution < 1.29 is 4.79 Å². The molecular weight excluding hydrogens is 294 g/mol. The van der Waals surface area contributed by atoms with E-state index in [4.69, 9.17) is 29.6 Å². The van der Waals surface area contributed by atoms with Crippen molar-refractivity contribution in [2.45, 2.75) is 19.3 Å². The molecule has 1 aromatic carbocycles. The van der Waals surface area contributed by atoms with Crippen LogP contribution in [0.15, 0.2) is 18.2 Å². The van der Waals surface area contributed by atoms with Gasteiger partial charge < -0.3 is 16.0 Å². The number of hydrogen-bond donors (Lipinski definition) is 2. The highest BCUT2D eigenvalue weighted by Crippen LogP contribution is 2.24. The minimum absolute atomic E-state index is 0.0959. The molecule has 1 fully saturated rings. The first-order valence-corrected chi connectivity index (χ1v) is 7.48. The number of benzene rings is 1. The third-order valence-corrected chi connectivity index (χ3v) is 3.92. The zero-order valence-corrected chi connectivity index (χ0v) is 12.8. The van der Waals surface area contributed by atoms with Crippen LogP contribution in [0, 0.1) is 0 Å². The number of carbonyl (C=O) groups is 1. The van der Waals surface area contributed by atoms with Gasteiger partial charge in [0.25, 0.3) is 0 Å². The molecule has 2 rings (SSSR count). The lowest BCUT2D eigenvalue weighted by Crippen LogP contribution is -2.39. The molecule has 0 bridgehead atoms. The van der Waals surface area contributed by atoms with Gasteiger partial charge in [-0.3, -0.25) is 4.79 Å². The van der Waals surface area contributed by atoms with Gasteiger partial charge in [0, 0.05) is 18.8 Å². The number of nitrogens with zero attached hydrogens (tertiary/aromatic N) is 1. The SMILES string of the molecule is NC(=S)c1c(Cl)cccc1NCC(=O)N1CCCCC1. The van der Waals surface area contributed by atoms with Gasteiger partial charge in [-0.25, -0.2) is 0 Å². The Morgan fingerprint density at radius 2 is 2.05 bits per heavy atom. The zero-order chi connectivity index (χ0) is 14.5. The molecule has 1 aliphatic rings. The summed E-state index contributed by atoms with van der Waals surface area (Å²) in [5.41, 5.74) is 6.97. The fraction of sp³-hybridized carbons (Fsp3) is 0.429. The largest absolute Gasteiger partial charge is 0.389 e. The number of halogens is 1. The highest BCUT2D eigenvalue weighted by Gasteiger charge is 2.17. The fourth-order valence-corrected chi connectivity index (χ4v) is 2.90. The van der Waals surface area contributed by atoms with E-state index in [2.05, 4.69) is 5.32 Å². The van der Waals surface area contributed by atoms with E-state index in [1.165, 1.54) is 6.42 Å². The first kappa shape index (κ1) is 15.1. The van der Waals surface area contributed by atoms with Crippen molar-refractivity contribution in [2.75, 3.05) is 25.0 Å². The highest BCUT2D eigenvalue weighted by molar-refractivity contribution is 7.80. The quantitative estimate of drug-likeness (QED) is 0.838. The van der Waals surface area contributed by atoms with Gasteiger partial charge >= 0.3 is 0 Å². The molecule has 1 saturated heterocycles. The summed E-state index contributed by atoms with van der Waals surface area (Å²) in [4.78, 5) is 14.2. The summed E-state index contributed by atoms with van der Waals surface area (Å²) in [5.74, 6) is 0.0959. The summed E-state index contributed by atoms with van der Waals surface area (Å²) >= 11 is 11.1. The van der Waals surface area contributed by atoms with E-state index < -0.39 is 0 Å². The van der Waals surface area contributed by atoms with Gasteiger partial charge in [-0.15, -0.1) is 0 Å². The Bertz CT molecular complexity index is 515. The van der Waals surface area contributed by atoms with Crippen LogP contribution in [0.25, 0.3) is 0 Å². The van der Waals surface area contributed by atoms with Crippen molar-refractivity contribution in [2.24, 2.45) is 5.73 Å². The average molecular weight is 312 g/mol. The average Bonchev–Trinajstić information content (AvgIpc) is 2.45. The van der Waals surface area contributed by atoms with Crippen LogP contribution in [-0.2, 0) is 4.79 Å². The second-order valence-electron chi connectivity index (χ2n) is 4.82. The Morgan fingerprint density at radius 3 is 2.70 bits per heavy atom. The number of carbonyl (C=O) groups excluding carboxylic acids is 1. The predicted octanol–water partition coefficient (Wildman–Crippen LogP) is 2.40. The summed E-state index contributed by atoms with van der Waals surface area (Å²) in [5, 5.41) is 3.58. The van der Waals surface area contributed by atoms with Gasteiger partial charge in [0.1, 0.15) is 4.99 Å². The molecule has 0 radical (unpaired) electrons. The van der Waals surface area contributed by atoms with Crippen LogP contribution in [0.4, 0.5) is 5.69 Å². The number of rotatable bonds is 4. The summed E-state index contributed by atoms with van der Waals surface area (Å²) in [6.45, 7) is 1.92. The third kappa shape index (κ3) is 3.61. The van der Waals surface area contributed by atoms with Crippen LogP contribution in [0.5, 0.6) is 0 Å². The van der Waals surface area contributed by atoms with Crippen molar-refractivity contribution >= 4 is 40.4 Å². The van der Waals surface area contributed by atoms with Crippen molar-refractivity contribution in [3.8, 4) is 0 Å². The maximum atomic E-state index is 12.1. The first-order chi connectivity index (χ1) is 9.59. The molecule has 0 spiro atoms. The van der Waals surface area contributed by atoms with Gasteiger partial charge in [-0.05, 0) is 31.4 Å². The fourth-order valence-electron chi connectivity index (χ4n) is 2.35. The molecule has 0 aromatic heterocycles. The number of thiocarbonyl (C=S) groups is 1. The van der Waals surface area contributed by atoms with Crippen LogP contribution in [-0.4, -0.2) is 35.4 Å². The molecule has 1 aromatic rings. The van der Waals surface area contributed by atoms with Crippen LogP contribution in [0.3, 0.4) is 0 Å². The monoisotopic (exact) mass is 311 g/mol. The first-order valence-electron chi connectivity index (χ1n) is 6.69. The van der Waals surface area contributed by atoms with E-state index in [0.717, 1.165) is 25.9 Å². The molecule has 4 nitrogen and oxygen atoms in total. The van der Waals surface area contributed by atoms with Gasteiger partial charge in [0.2, 0.25) is 5.91 Å². The molecule has 0 unspecified atom stereocenters. The zero-order valence-electron chi connectivity index (χ0n) is 11.2. The van der Waals surface area contributed by atoms with E-state index >= 15 is 0 Å². The Balaban J connectivity index is 2.02. The number of nitrogens with one attached hydrogen (secondary N) is 1. The van der Waals surface area contributed by atoms with E-state index in [0.29, 0.717) is 16.3 Å². The lowest BCUT2D eigenvalue weighted by atomic mass is 10.1. The summed E-state index contributed by atoms with van der Waals surface area (Å²) < 4.78 is 0. The van der Waals surface area contributed by atoms with Crippen molar-refractivity contribution in [3.63, 3.8) is 0 Å². The predicted molar refractivity (Wildman–Crippen MR) is 86.3 cm³/mol. The Kier molecular flexibility index (Phi) is 5.20. The molecule has 1 aliphatic heterocycles. The smallest absolute Gasteiger partial charge is 0.241 e. The van der Waals surface area contributed by atoms with Gasteiger partial charge in [-0.2, -0.15) is 0 Å². The van der Waals surface area contributed by atoms with Crippen LogP contribution >= 0.6 is 23.8 Å². The van der Waals surface area contributed by atoms with E-state index in [9.17, 15) is 4.79 Å². The van der Waals surface area contributed by atoms with E-state index in [-0.39, 0.29) is 17.4 Å². The molecule has 3 N–H and O–H groups in total. The molecule has 6 heteroatoms. The molecule has 0 aliphatic carbocycles. The van der Waals surface area contributed by atoms with Gasteiger partial charge in [0.15, 0.2) is 0 Å². The summed E-state index contributed by atoms with van der Waals surface area (Å²) in [6.07, 6.45) is 3.37. The van der Waals surface area contributed by atoms with Crippen LogP contribution < -0.4 is 11.1 Å². The molecule has 0 saturated carbocycles. The Morgan fingerprint density at radius 1 is 1.35 bits per heavy atom. The molecule has 1 amide bonds. The van der Waals surface area contributed by atoms with Crippen molar-refractivity contribution in [1.82, 2.24) is 4.90 Å². The minimum atomic E-state index is 0.0959. The topological polar surface area (TPSA) is 58.4 Å². The second-order valence-corrected chi connectivity index (χ2v) is 5.67. The lowest BCUT2D eigenvalue weighted by molar-refractivity contribution is -0.130. The summed E-state index contributed by atoms with van der Waals surface area (Å²) in [7, 11) is 0. The molecule has 20 heavy (non-hydrogen) atoms. The lowest BCUT2D eigenvalue weighted by Gasteiger charge is -2.27. The molecule has 108 valence electrons. The van der Waals surface area contributed by atoms with Gasteiger partial charge in [-0.1, -0.05) is 29.9 Å². The van der Waals surface area contributed by atoms with Gasteiger partial charge in [0.05, 0.1) is 17.1 Å². The summed E-state index contributed by atoms with van der Waals surface area (Å²) in [6, 6.07) is 5.36. The van der Waals surface area contributed by atoms with Crippen molar-refractivity contribution in [3.05, 3.63) is 28.8 Å². The number of piperidine rings is 1. The Hall–Kier alpha value is -1.33. The second kappa shape index (κ2) is 6.90.